The number of fused-ring (bicyclic) bond motifs is 1. The Balaban J connectivity index is 1.46. The van der Waals surface area contributed by atoms with Gasteiger partial charge in [-0.2, -0.15) is 0 Å². The first-order chi connectivity index (χ1) is 9.72. The van der Waals surface area contributed by atoms with Gasteiger partial charge in [0.25, 0.3) is 0 Å². The smallest absolute Gasteiger partial charge is 0.225 e. The summed E-state index contributed by atoms with van der Waals surface area (Å²) in [7, 11) is 0. The zero-order valence-electron chi connectivity index (χ0n) is 12.8. The molecule has 114 valence electrons. The van der Waals surface area contributed by atoms with Gasteiger partial charge in [0.2, 0.25) is 5.91 Å². The third kappa shape index (κ3) is 2.86. The van der Waals surface area contributed by atoms with E-state index in [0.29, 0.717) is 17.9 Å². The van der Waals surface area contributed by atoms with Crippen LogP contribution in [0.1, 0.15) is 39.0 Å². The lowest BCUT2D eigenvalue weighted by Crippen LogP contribution is -2.53. The monoisotopic (exact) mass is 279 g/mol. The van der Waals surface area contributed by atoms with E-state index in [1.54, 1.807) is 0 Å². The van der Waals surface area contributed by atoms with Crippen molar-refractivity contribution in [2.45, 2.75) is 45.1 Å². The van der Waals surface area contributed by atoms with Crippen molar-refractivity contribution in [3.63, 3.8) is 0 Å². The number of rotatable bonds is 5. The molecule has 2 N–H and O–H groups in total. The molecule has 2 aliphatic carbocycles. The van der Waals surface area contributed by atoms with Crippen molar-refractivity contribution in [2.75, 3.05) is 32.7 Å². The molecule has 4 heteroatoms. The molecular weight excluding hydrogens is 250 g/mol. The van der Waals surface area contributed by atoms with Crippen molar-refractivity contribution < 1.29 is 4.79 Å². The second-order valence-corrected chi connectivity index (χ2v) is 6.92. The Bertz CT molecular complexity index is 342. The van der Waals surface area contributed by atoms with Gasteiger partial charge in [-0.05, 0) is 50.5 Å². The van der Waals surface area contributed by atoms with Crippen molar-refractivity contribution in [3.8, 4) is 0 Å². The maximum atomic E-state index is 12.5. The Morgan fingerprint density at radius 1 is 1.15 bits per heavy atom. The number of hydrogen-bond acceptors (Lipinski definition) is 3. The van der Waals surface area contributed by atoms with E-state index in [4.69, 9.17) is 5.73 Å². The lowest BCUT2D eigenvalue weighted by Gasteiger charge is -2.40. The van der Waals surface area contributed by atoms with Crippen LogP contribution in [0.4, 0.5) is 0 Å². The zero-order chi connectivity index (χ0) is 14.1. The molecule has 3 rings (SSSR count). The molecule has 3 atom stereocenters. The molecule has 4 nitrogen and oxygen atoms in total. The predicted molar refractivity (Wildman–Crippen MR) is 80.2 cm³/mol. The highest BCUT2D eigenvalue weighted by Crippen LogP contribution is 2.54. The molecule has 0 aromatic rings. The molecule has 3 unspecified atom stereocenters. The van der Waals surface area contributed by atoms with Crippen molar-refractivity contribution in [3.05, 3.63) is 0 Å². The van der Waals surface area contributed by atoms with E-state index in [2.05, 4.69) is 16.7 Å². The molecule has 0 aromatic heterocycles. The second kappa shape index (κ2) is 6.02. The van der Waals surface area contributed by atoms with Gasteiger partial charge in [-0.25, -0.2) is 0 Å². The lowest BCUT2D eigenvalue weighted by atomic mass is 10.0. The number of amides is 1. The van der Waals surface area contributed by atoms with Gasteiger partial charge in [0.15, 0.2) is 0 Å². The molecule has 0 spiro atoms. The van der Waals surface area contributed by atoms with Gasteiger partial charge >= 0.3 is 0 Å². The summed E-state index contributed by atoms with van der Waals surface area (Å²) in [5.74, 6) is 2.61. The van der Waals surface area contributed by atoms with Crippen molar-refractivity contribution in [1.82, 2.24) is 9.80 Å². The minimum absolute atomic E-state index is 0.358. The van der Waals surface area contributed by atoms with E-state index >= 15 is 0 Å². The summed E-state index contributed by atoms with van der Waals surface area (Å²) in [6.45, 7) is 6.91. The minimum Gasteiger partial charge on any atom is -0.340 e. The fraction of sp³-hybridized carbons (Fsp3) is 0.938. The normalized spacial score (nSPS) is 34.9. The van der Waals surface area contributed by atoms with Crippen LogP contribution in [-0.2, 0) is 4.79 Å². The molecule has 1 aliphatic heterocycles. The molecule has 3 fully saturated rings. The summed E-state index contributed by atoms with van der Waals surface area (Å²) >= 11 is 0. The molecule has 2 saturated carbocycles. The van der Waals surface area contributed by atoms with Crippen LogP contribution in [-0.4, -0.2) is 54.5 Å². The van der Waals surface area contributed by atoms with Crippen LogP contribution in [0.2, 0.25) is 0 Å². The third-order valence-corrected chi connectivity index (χ3v) is 5.71. The summed E-state index contributed by atoms with van der Waals surface area (Å²) < 4.78 is 0. The van der Waals surface area contributed by atoms with Gasteiger partial charge in [-0.15, -0.1) is 0 Å². The summed E-state index contributed by atoms with van der Waals surface area (Å²) in [4.78, 5) is 17.2. The van der Waals surface area contributed by atoms with Gasteiger partial charge in [0.1, 0.15) is 0 Å². The number of nitrogens with two attached hydrogens (primary N) is 1. The molecule has 20 heavy (non-hydrogen) atoms. The van der Waals surface area contributed by atoms with Crippen molar-refractivity contribution in [2.24, 2.45) is 23.5 Å². The largest absolute Gasteiger partial charge is 0.340 e. The van der Waals surface area contributed by atoms with Crippen LogP contribution in [0.25, 0.3) is 0 Å². The highest BCUT2D eigenvalue weighted by Gasteiger charge is 2.48. The average molecular weight is 279 g/mol. The molecule has 3 aliphatic rings. The van der Waals surface area contributed by atoms with E-state index in [0.717, 1.165) is 57.4 Å². The standard InChI is InChI=1S/C16H29N3O/c1-2-15(3-4-17)18-5-7-19(8-6-18)16(20)14-10-12-9-13(12)11-14/h12-15H,2-11,17H2,1H3. The van der Waals surface area contributed by atoms with Crippen molar-refractivity contribution >= 4 is 5.91 Å². The van der Waals surface area contributed by atoms with Crippen LogP contribution >= 0.6 is 0 Å². The molecule has 1 amide bonds. The first-order valence-electron chi connectivity index (χ1n) is 8.45. The Morgan fingerprint density at radius 3 is 2.35 bits per heavy atom. The molecule has 0 radical (unpaired) electrons. The van der Waals surface area contributed by atoms with Gasteiger partial charge in [0, 0.05) is 38.1 Å². The van der Waals surface area contributed by atoms with Crippen LogP contribution < -0.4 is 5.73 Å². The van der Waals surface area contributed by atoms with E-state index in [-0.39, 0.29) is 0 Å². The maximum absolute atomic E-state index is 12.5. The SMILES string of the molecule is CCC(CCN)N1CCN(C(=O)C2CC3CC3C2)CC1. The predicted octanol–water partition coefficient (Wildman–Crippen LogP) is 1.30. The minimum atomic E-state index is 0.358. The zero-order valence-corrected chi connectivity index (χ0v) is 12.8. The Hall–Kier alpha value is -0.610. The fourth-order valence-corrected chi connectivity index (χ4v) is 4.32. The van der Waals surface area contributed by atoms with Crippen LogP contribution in [0, 0.1) is 17.8 Å². The number of nitrogens with zero attached hydrogens (tertiary/aromatic N) is 2. The maximum Gasteiger partial charge on any atom is 0.225 e. The number of hydrogen-bond donors (Lipinski definition) is 1. The highest BCUT2D eigenvalue weighted by molar-refractivity contribution is 5.79. The average Bonchev–Trinajstić information content (AvgIpc) is 3.10. The van der Waals surface area contributed by atoms with Gasteiger partial charge in [-0.1, -0.05) is 6.92 Å². The fourth-order valence-electron chi connectivity index (χ4n) is 4.32. The third-order valence-electron chi connectivity index (χ3n) is 5.71. The summed E-state index contributed by atoms with van der Waals surface area (Å²) in [5, 5.41) is 0. The molecule has 1 saturated heterocycles. The van der Waals surface area contributed by atoms with Crippen LogP contribution in [0.15, 0.2) is 0 Å². The summed E-state index contributed by atoms with van der Waals surface area (Å²) in [6, 6.07) is 0.608. The van der Waals surface area contributed by atoms with E-state index < -0.39 is 0 Å². The van der Waals surface area contributed by atoms with Gasteiger partial charge in [0.05, 0.1) is 0 Å². The van der Waals surface area contributed by atoms with E-state index in [1.165, 1.54) is 19.3 Å². The number of piperazine rings is 1. The van der Waals surface area contributed by atoms with E-state index in [9.17, 15) is 4.79 Å². The summed E-state index contributed by atoms with van der Waals surface area (Å²) in [5.41, 5.74) is 5.70. The molecular formula is C16H29N3O. The first kappa shape index (κ1) is 14.3. The van der Waals surface area contributed by atoms with Gasteiger partial charge < -0.3 is 10.6 Å². The second-order valence-electron chi connectivity index (χ2n) is 6.92. The van der Waals surface area contributed by atoms with Crippen LogP contribution in [0.5, 0.6) is 0 Å². The first-order valence-corrected chi connectivity index (χ1v) is 8.45. The Labute approximate surface area is 122 Å². The topological polar surface area (TPSA) is 49.6 Å². The highest BCUT2D eigenvalue weighted by atomic mass is 16.2. The molecule has 0 aromatic carbocycles. The number of carbonyl (C=O) groups excluding carboxylic acids is 1. The lowest BCUT2D eigenvalue weighted by molar-refractivity contribution is -0.137. The Morgan fingerprint density at radius 2 is 1.80 bits per heavy atom. The number of carbonyl (C=O) groups is 1. The summed E-state index contributed by atoms with van der Waals surface area (Å²) in [6.07, 6.45) is 5.99. The Kier molecular flexibility index (Phi) is 4.32. The molecule has 0 bridgehead atoms. The molecule has 1 heterocycles. The van der Waals surface area contributed by atoms with Crippen LogP contribution in [0.3, 0.4) is 0 Å². The van der Waals surface area contributed by atoms with E-state index in [1.807, 2.05) is 0 Å². The van der Waals surface area contributed by atoms with Gasteiger partial charge in [-0.3, -0.25) is 9.69 Å². The van der Waals surface area contributed by atoms with Crippen molar-refractivity contribution in [1.29, 1.82) is 0 Å². The quantitative estimate of drug-likeness (QED) is 0.825.